The van der Waals surface area contributed by atoms with E-state index < -0.39 is 0 Å². The molecule has 3 heteroatoms. The normalized spacial score (nSPS) is 35.8. The standard InChI is InChI=1S/C15H31N3/c1-13-4-6-15(7-5-13)16-8-9-18-11-10-17(3)12-14(18)2/h13-16H,4-12H2,1-3H3. The molecule has 0 aromatic heterocycles. The van der Waals surface area contributed by atoms with Gasteiger partial charge in [-0.15, -0.1) is 0 Å². The Morgan fingerprint density at radius 1 is 1.06 bits per heavy atom. The van der Waals surface area contributed by atoms with Gasteiger partial charge in [0.05, 0.1) is 0 Å². The molecule has 2 aliphatic rings. The molecule has 1 aliphatic carbocycles. The fourth-order valence-electron chi connectivity index (χ4n) is 3.39. The maximum absolute atomic E-state index is 3.77. The Hall–Kier alpha value is -0.120. The molecule has 3 nitrogen and oxygen atoms in total. The van der Waals surface area contributed by atoms with E-state index in [9.17, 15) is 0 Å². The highest BCUT2D eigenvalue weighted by Crippen LogP contribution is 2.23. The van der Waals surface area contributed by atoms with Gasteiger partial charge in [-0.1, -0.05) is 6.92 Å². The fourth-order valence-corrected chi connectivity index (χ4v) is 3.39. The smallest absolute Gasteiger partial charge is 0.0195 e. The molecule has 0 radical (unpaired) electrons. The van der Waals surface area contributed by atoms with Gasteiger partial charge >= 0.3 is 0 Å². The Kier molecular flexibility index (Phi) is 5.46. The van der Waals surface area contributed by atoms with Crippen LogP contribution in [0.15, 0.2) is 0 Å². The van der Waals surface area contributed by atoms with Crippen molar-refractivity contribution < 1.29 is 0 Å². The first-order valence-corrected chi connectivity index (χ1v) is 7.81. The summed E-state index contributed by atoms with van der Waals surface area (Å²) in [5.74, 6) is 0.959. The number of nitrogens with one attached hydrogen (secondary N) is 1. The summed E-state index contributed by atoms with van der Waals surface area (Å²) in [4.78, 5) is 5.08. The lowest BCUT2D eigenvalue weighted by Gasteiger charge is -2.38. The number of hydrogen-bond acceptors (Lipinski definition) is 3. The molecule has 18 heavy (non-hydrogen) atoms. The van der Waals surface area contributed by atoms with Crippen LogP contribution in [0.4, 0.5) is 0 Å². The monoisotopic (exact) mass is 253 g/mol. The van der Waals surface area contributed by atoms with Crippen LogP contribution in [0.1, 0.15) is 39.5 Å². The van der Waals surface area contributed by atoms with Crippen LogP contribution in [0, 0.1) is 5.92 Å². The largest absolute Gasteiger partial charge is 0.313 e. The van der Waals surface area contributed by atoms with E-state index in [1.54, 1.807) is 0 Å². The second-order valence-electron chi connectivity index (χ2n) is 6.56. The van der Waals surface area contributed by atoms with E-state index in [1.165, 1.54) is 58.4 Å². The summed E-state index contributed by atoms with van der Waals surface area (Å²) in [6.07, 6.45) is 5.62. The molecule has 0 aromatic carbocycles. The molecular weight excluding hydrogens is 222 g/mol. The lowest BCUT2D eigenvalue weighted by molar-refractivity contribution is 0.0994. The Bertz CT molecular complexity index is 236. The average Bonchev–Trinajstić information content (AvgIpc) is 2.34. The van der Waals surface area contributed by atoms with E-state index in [1.807, 2.05) is 0 Å². The molecule has 0 bridgehead atoms. The van der Waals surface area contributed by atoms with Gasteiger partial charge in [-0.2, -0.15) is 0 Å². The van der Waals surface area contributed by atoms with Crippen molar-refractivity contribution >= 4 is 0 Å². The average molecular weight is 253 g/mol. The first-order valence-electron chi connectivity index (χ1n) is 7.81. The number of hydrogen-bond donors (Lipinski definition) is 1. The first kappa shape index (κ1) is 14.3. The minimum absolute atomic E-state index is 0.719. The molecule has 1 atom stereocenters. The van der Waals surface area contributed by atoms with E-state index in [2.05, 4.69) is 36.0 Å². The quantitative estimate of drug-likeness (QED) is 0.824. The van der Waals surface area contributed by atoms with E-state index in [0.29, 0.717) is 0 Å². The molecule has 0 amide bonds. The molecule has 1 unspecified atom stereocenters. The summed E-state index contributed by atoms with van der Waals surface area (Å²) in [5, 5.41) is 3.77. The Morgan fingerprint density at radius 2 is 1.78 bits per heavy atom. The molecule has 1 aliphatic heterocycles. The molecule has 0 aromatic rings. The minimum atomic E-state index is 0.719. The number of rotatable bonds is 4. The zero-order valence-electron chi connectivity index (χ0n) is 12.5. The van der Waals surface area contributed by atoms with Crippen LogP contribution in [0.5, 0.6) is 0 Å². The van der Waals surface area contributed by atoms with E-state index in [-0.39, 0.29) is 0 Å². The van der Waals surface area contributed by atoms with Gasteiger partial charge in [-0.3, -0.25) is 4.90 Å². The number of piperazine rings is 1. The SMILES string of the molecule is CC1CCC(NCCN2CCN(C)CC2C)CC1. The van der Waals surface area contributed by atoms with Crippen LogP contribution in [-0.4, -0.2) is 61.7 Å². The minimum Gasteiger partial charge on any atom is -0.313 e. The lowest BCUT2D eigenvalue weighted by atomic mass is 9.87. The third-order valence-corrected chi connectivity index (χ3v) is 4.82. The third kappa shape index (κ3) is 4.22. The van der Waals surface area contributed by atoms with Gasteiger partial charge in [0.25, 0.3) is 0 Å². The van der Waals surface area contributed by atoms with E-state index >= 15 is 0 Å². The maximum Gasteiger partial charge on any atom is 0.0195 e. The molecule has 2 fully saturated rings. The second-order valence-corrected chi connectivity index (χ2v) is 6.56. The van der Waals surface area contributed by atoms with E-state index in [0.717, 1.165) is 18.0 Å². The summed E-state index contributed by atoms with van der Waals surface area (Å²) >= 11 is 0. The van der Waals surface area contributed by atoms with Gasteiger partial charge in [-0.25, -0.2) is 0 Å². The van der Waals surface area contributed by atoms with Crippen LogP contribution < -0.4 is 5.32 Å². The summed E-state index contributed by atoms with van der Waals surface area (Å²) < 4.78 is 0. The van der Waals surface area contributed by atoms with Crippen LogP contribution in [0.2, 0.25) is 0 Å². The van der Waals surface area contributed by atoms with Gasteiger partial charge in [-0.05, 0) is 45.6 Å². The predicted molar refractivity (Wildman–Crippen MR) is 78.0 cm³/mol. The Labute approximate surface area is 113 Å². The van der Waals surface area contributed by atoms with Gasteiger partial charge in [0.2, 0.25) is 0 Å². The van der Waals surface area contributed by atoms with Crippen molar-refractivity contribution in [1.82, 2.24) is 15.1 Å². The van der Waals surface area contributed by atoms with E-state index in [4.69, 9.17) is 0 Å². The van der Waals surface area contributed by atoms with Crippen LogP contribution >= 0.6 is 0 Å². The molecular formula is C15H31N3. The van der Waals surface area contributed by atoms with Crippen molar-refractivity contribution in [2.24, 2.45) is 5.92 Å². The third-order valence-electron chi connectivity index (χ3n) is 4.82. The van der Waals surface area contributed by atoms with Crippen LogP contribution in [-0.2, 0) is 0 Å². The van der Waals surface area contributed by atoms with Crippen molar-refractivity contribution in [2.75, 3.05) is 39.8 Å². The van der Waals surface area contributed by atoms with Crippen molar-refractivity contribution in [3.8, 4) is 0 Å². The van der Waals surface area contributed by atoms with Crippen LogP contribution in [0.3, 0.4) is 0 Å². The van der Waals surface area contributed by atoms with Crippen molar-refractivity contribution in [2.45, 2.75) is 51.6 Å². The fraction of sp³-hybridized carbons (Fsp3) is 1.00. The predicted octanol–water partition coefficient (Wildman–Crippen LogP) is 1.79. The summed E-state index contributed by atoms with van der Waals surface area (Å²) in [5.41, 5.74) is 0. The maximum atomic E-state index is 3.77. The van der Waals surface area contributed by atoms with Crippen LogP contribution in [0.25, 0.3) is 0 Å². The van der Waals surface area contributed by atoms with Crippen molar-refractivity contribution in [1.29, 1.82) is 0 Å². The molecule has 2 rings (SSSR count). The highest BCUT2D eigenvalue weighted by atomic mass is 15.3. The first-order chi connectivity index (χ1) is 8.65. The molecule has 1 heterocycles. The number of nitrogens with zero attached hydrogens (tertiary/aromatic N) is 2. The zero-order chi connectivity index (χ0) is 13.0. The Morgan fingerprint density at radius 3 is 2.44 bits per heavy atom. The molecule has 1 N–H and O–H groups in total. The summed E-state index contributed by atoms with van der Waals surface area (Å²) in [6.45, 7) is 10.8. The molecule has 1 saturated heterocycles. The van der Waals surface area contributed by atoms with Gasteiger partial charge in [0.15, 0.2) is 0 Å². The summed E-state index contributed by atoms with van der Waals surface area (Å²) in [6, 6.07) is 1.51. The van der Waals surface area contributed by atoms with Gasteiger partial charge in [0.1, 0.15) is 0 Å². The van der Waals surface area contributed by atoms with Gasteiger partial charge < -0.3 is 10.2 Å². The highest BCUT2D eigenvalue weighted by Gasteiger charge is 2.22. The topological polar surface area (TPSA) is 18.5 Å². The molecule has 0 spiro atoms. The molecule has 1 saturated carbocycles. The highest BCUT2D eigenvalue weighted by molar-refractivity contribution is 4.79. The van der Waals surface area contributed by atoms with Crippen molar-refractivity contribution in [3.63, 3.8) is 0 Å². The van der Waals surface area contributed by atoms with Gasteiger partial charge in [0, 0.05) is 44.8 Å². The number of likely N-dealkylation sites (N-methyl/N-ethyl adjacent to an activating group) is 1. The summed E-state index contributed by atoms with van der Waals surface area (Å²) in [7, 11) is 2.23. The second kappa shape index (κ2) is 6.88. The molecule has 106 valence electrons. The lowest BCUT2D eigenvalue weighted by Crippen LogP contribution is -2.52. The Balaban J connectivity index is 1.60. The zero-order valence-corrected chi connectivity index (χ0v) is 12.5. The van der Waals surface area contributed by atoms with Crippen molar-refractivity contribution in [3.05, 3.63) is 0 Å².